The van der Waals surface area contributed by atoms with Crippen molar-refractivity contribution in [1.82, 2.24) is 9.97 Å². The molecule has 21 heavy (non-hydrogen) atoms. The monoisotopic (exact) mass is 286 g/mol. The number of benzene rings is 1. The smallest absolute Gasteiger partial charge is 0.227 e. The van der Waals surface area contributed by atoms with Gasteiger partial charge in [-0.1, -0.05) is 12.1 Å². The van der Waals surface area contributed by atoms with Crippen molar-refractivity contribution >= 4 is 11.8 Å². The Morgan fingerprint density at radius 1 is 1.05 bits per heavy atom. The maximum absolute atomic E-state index is 12.9. The molecule has 1 aliphatic rings. The zero-order chi connectivity index (χ0) is 14.5. The largest absolute Gasteiger partial charge is 0.366 e. The quantitative estimate of drug-likeness (QED) is 0.937. The number of nitrogens with zero attached hydrogens (tertiary/aromatic N) is 3. The molecule has 0 unspecified atom stereocenters. The fourth-order valence-electron chi connectivity index (χ4n) is 2.49. The molecule has 1 saturated heterocycles. The maximum Gasteiger partial charge on any atom is 0.227 e. The lowest BCUT2D eigenvalue weighted by Gasteiger charge is -2.26. The second-order valence-electron chi connectivity index (χ2n) is 5.27. The minimum absolute atomic E-state index is 0.215. The van der Waals surface area contributed by atoms with Crippen LogP contribution in [0.25, 0.3) is 0 Å². The predicted molar refractivity (Wildman–Crippen MR) is 81.8 cm³/mol. The molecule has 1 aromatic heterocycles. The first kappa shape index (κ1) is 13.8. The number of halogens is 1. The number of hydrogen-bond acceptors (Lipinski definition) is 4. The van der Waals surface area contributed by atoms with Gasteiger partial charge in [-0.3, -0.25) is 0 Å². The molecule has 1 N–H and O–H groups in total. The van der Waals surface area contributed by atoms with Crippen molar-refractivity contribution < 1.29 is 4.39 Å². The van der Waals surface area contributed by atoms with Gasteiger partial charge in [-0.25, -0.2) is 9.37 Å². The van der Waals surface area contributed by atoms with Gasteiger partial charge in [0.25, 0.3) is 0 Å². The molecule has 1 aromatic carbocycles. The van der Waals surface area contributed by atoms with E-state index in [0.29, 0.717) is 6.54 Å². The number of hydrogen-bond donors (Lipinski definition) is 1. The molecular formula is C16H19FN4. The van der Waals surface area contributed by atoms with Crippen molar-refractivity contribution in [1.29, 1.82) is 0 Å². The van der Waals surface area contributed by atoms with Gasteiger partial charge in [-0.05, 0) is 43.0 Å². The Bertz CT molecular complexity index is 579. The summed E-state index contributed by atoms with van der Waals surface area (Å²) in [7, 11) is 0. The summed E-state index contributed by atoms with van der Waals surface area (Å²) in [5.74, 6) is 1.38. The van der Waals surface area contributed by atoms with Crippen LogP contribution in [0.15, 0.2) is 36.5 Å². The van der Waals surface area contributed by atoms with Gasteiger partial charge in [0.05, 0.1) is 0 Å². The highest BCUT2D eigenvalue weighted by Crippen LogP contribution is 2.17. The molecule has 0 spiro atoms. The third-order valence-electron chi connectivity index (χ3n) is 3.67. The molecule has 2 aromatic rings. The summed E-state index contributed by atoms with van der Waals surface area (Å²) < 4.78 is 12.9. The lowest BCUT2D eigenvalue weighted by Crippen LogP contribution is -2.31. The van der Waals surface area contributed by atoms with Crippen LogP contribution in [0.1, 0.15) is 24.8 Å². The first-order valence-electron chi connectivity index (χ1n) is 7.37. The van der Waals surface area contributed by atoms with Crippen molar-refractivity contribution in [2.24, 2.45) is 0 Å². The normalized spacial score (nSPS) is 15.0. The van der Waals surface area contributed by atoms with E-state index >= 15 is 0 Å². The summed E-state index contributed by atoms with van der Waals surface area (Å²) in [6.07, 6.45) is 5.48. The van der Waals surface area contributed by atoms with Gasteiger partial charge in [0, 0.05) is 25.8 Å². The van der Waals surface area contributed by atoms with Crippen molar-refractivity contribution in [2.75, 3.05) is 23.3 Å². The Morgan fingerprint density at radius 2 is 1.81 bits per heavy atom. The van der Waals surface area contributed by atoms with Crippen LogP contribution in [0.2, 0.25) is 0 Å². The number of piperidine rings is 1. The van der Waals surface area contributed by atoms with E-state index in [1.54, 1.807) is 18.3 Å². The van der Waals surface area contributed by atoms with Gasteiger partial charge in [0.15, 0.2) is 0 Å². The Morgan fingerprint density at radius 3 is 2.57 bits per heavy atom. The Labute approximate surface area is 124 Å². The SMILES string of the molecule is Fc1ccc(CNc2ccnc(N3CCCCC3)n2)cc1. The van der Waals surface area contributed by atoms with Crippen LogP contribution < -0.4 is 10.2 Å². The number of anilines is 2. The lowest BCUT2D eigenvalue weighted by atomic mass is 10.1. The van der Waals surface area contributed by atoms with Crippen LogP contribution in [0.4, 0.5) is 16.2 Å². The lowest BCUT2D eigenvalue weighted by molar-refractivity contribution is 0.568. The first-order chi connectivity index (χ1) is 10.3. The fraction of sp³-hybridized carbons (Fsp3) is 0.375. The van der Waals surface area contributed by atoms with Crippen molar-refractivity contribution in [3.05, 3.63) is 47.9 Å². The van der Waals surface area contributed by atoms with Crippen LogP contribution in [0.3, 0.4) is 0 Å². The highest BCUT2D eigenvalue weighted by molar-refractivity contribution is 5.42. The van der Waals surface area contributed by atoms with Crippen molar-refractivity contribution in [3.63, 3.8) is 0 Å². The molecule has 0 aliphatic carbocycles. The highest BCUT2D eigenvalue weighted by Gasteiger charge is 2.13. The van der Waals surface area contributed by atoms with Crippen LogP contribution in [0, 0.1) is 5.82 Å². The molecular weight excluding hydrogens is 267 g/mol. The van der Waals surface area contributed by atoms with E-state index in [9.17, 15) is 4.39 Å². The second-order valence-corrected chi connectivity index (χ2v) is 5.27. The molecule has 2 heterocycles. The fourth-order valence-corrected chi connectivity index (χ4v) is 2.49. The Kier molecular flexibility index (Phi) is 4.28. The summed E-state index contributed by atoms with van der Waals surface area (Å²) in [4.78, 5) is 11.1. The average Bonchev–Trinajstić information content (AvgIpc) is 2.55. The molecule has 0 amide bonds. The average molecular weight is 286 g/mol. The van der Waals surface area contributed by atoms with Crippen LogP contribution in [0.5, 0.6) is 0 Å². The van der Waals surface area contributed by atoms with Gasteiger partial charge in [-0.15, -0.1) is 0 Å². The molecule has 5 heteroatoms. The number of rotatable bonds is 4. The molecule has 0 bridgehead atoms. The molecule has 1 fully saturated rings. The molecule has 0 radical (unpaired) electrons. The van der Waals surface area contributed by atoms with Gasteiger partial charge < -0.3 is 10.2 Å². The predicted octanol–water partition coefficient (Wildman–Crippen LogP) is 3.22. The first-order valence-corrected chi connectivity index (χ1v) is 7.37. The number of nitrogens with one attached hydrogen (secondary N) is 1. The summed E-state index contributed by atoms with van der Waals surface area (Å²) in [6, 6.07) is 8.34. The zero-order valence-electron chi connectivity index (χ0n) is 11.9. The maximum atomic E-state index is 12.9. The van der Waals surface area contributed by atoms with Gasteiger partial charge >= 0.3 is 0 Å². The highest BCUT2D eigenvalue weighted by atomic mass is 19.1. The van der Waals surface area contributed by atoms with Gasteiger partial charge in [0.1, 0.15) is 11.6 Å². The van der Waals surface area contributed by atoms with Crippen LogP contribution >= 0.6 is 0 Å². The summed E-state index contributed by atoms with van der Waals surface area (Å²) in [5.41, 5.74) is 1.02. The van der Waals surface area contributed by atoms with Gasteiger partial charge in [0.2, 0.25) is 5.95 Å². The van der Waals surface area contributed by atoms with E-state index in [-0.39, 0.29) is 5.82 Å². The molecule has 3 rings (SSSR count). The van der Waals surface area contributed by atoms with Crippen molar-refractivity contribution in [3.8, 4) is 0 Å². The van der Waals surface area contributed by atoms with Crippen LogP contribution in [-0.2, 0) is 6.54 Å². The van der Waals surface area contributed by atoms with Gasteiger partial charge in [-0.2, -0.15) is 4.98 Å². The summed E-state index contributed by atoms with van der Waals surface area (Å²) in [6.45, 7) is 2.68. The summed E-state index contributed by atoms with van der Waals surface area (Å²) in [5, 5.41) is 3.26. The van der Waals surface area contributed by atoms with E-state index in [1.165, 1.54) is 31.4 Å². The standard InChI is InChI=1S/C16H19FN4/c17-14-6-4-13(5-7-14)12-19-15-8-9-18-16(20-15)21-10-2-1-3-11-21/h4-9H,1-3,10-12H2,(H,18,19,20). The third kappa shape index (κ3) is 3.68. The van der Waals surface area contributed by atoms with Crippen molar-refractivity contribution in [2.45, 2.75) is 25.8 Å². The molecule has 0 saturated carbocycles. The summed E-state index contributed by atoms with van der Waals surface area (Å²) >= 11 is 0. The number of aromatic nitrogens is 2. The Balaban J connectivity index is 1.64. The molecule has 4 nitrogen and oxygen atoms in total. The molecule has 0 atom stereocenters. The minimum atomic E-state index is -0.215. The minimum Gasteiger partial charge on any atom is -0.366 e. The molecule has 110 valence electrons. The Hall–Kier alpha value is -2.17. The van der Waals surface area contributed by atoms with Crippen LogP contribution in [-0.4, -0.2) is 23.1 Å². The van der Waals surface area contributed by atoms with E-state index in [2.05, 4.69) is 20.2 Å². The van der Waals surface area contributed by atoms with E-state index < -0.39 is 0 Å². The third-order valence-corrected chi connectivity index (χ3v) is 3.67. The van der Waals surface area contributed by atoms with E-state index in [0.717, 1.165) is 30.4 Å². The molecule has 1 aliphatic heterocycles. The topological polar surface area (TPSA) is 41.1 Å². The van der Waals surface area contributed by atoms with E-state index in [4.69, 9.17) is 0 Å². The zero-order valence-corrected chi connectivity index (χ0v) is 11.9. The van der Waals surface area contributed by atoms with E-state index in [1.807, 2.05) is 6.07 Å². The second kappa shape index (κ2) is 6.52.